The summed E-state index contributed by atoms with van der Waals surface area (Å²) in [6, 6.07) is 16.9. The highest BCUT2D eigenvalue weighted by atomic mass is 32.2. The van der Waals surface area contributed by atoms with Crippen LogP contribution in [0.25, 0.3) is 10.9 Å². The van der Waals surface area contributed by atoms with Gasteiger partial charge in [-0.25, -0.2) is 18.5 Å². The summed E-state index contributed by atoms with van der Waals surface area (Å²) < 4.78 is 35.6. The molecular weight excluding hydrogens is 564 g/mol. The summed E-state index contributed by atoms with van der Waals surface area (Å²) in [5, 5.41) is 8.35. The lowest BCUT2D eigenvalue weighted by molar-refractivity contribution is -0.115. The van der Waals surface area contributed by atoms with Crippen LogP contribution in [0.5, 0.6) is 11.5 Å². The summed E-state index contributed by atoms with van der Waals surface area (Å²) in [5.74, 6) is 0.626. The quantitative estimate of drug-likeness (QED) is 0.194. The standard InChI is InChI=1S/C29H32N4O6S2/c1-5-26(27(34)31-20-10-6-18(2)7-11-20)40-29-32-23-17-25(39-4)24(38-3)16-22(23)28(35)33(29)15-14-19-8-12-21(13-9-19)41(30,36)37/h6-13,16-17,26H,5,14-15H2,1-4H3,(H,31,34)(H2,30,36,37). The number of anilines is 1. The molecule has 1 atom stereocenters. The minimum atomic E-state index is -3.81. The summed E-state index contributed by atoms with van der Waals surface area (Å²) in [4.78, 5) is 31.8. The fourth-order valence-corrected chi connectivity index (χ4v) is 5.77. The molecule has 0 saturated carbocycles. The average Bonchev–Trinajstić information content (AvgIpc) is 2.95. The Balaban J connectivity index is 1.71. The number of amides is 1. The molecule has 0 aliphatic rings. The van der Waals surface area contributed by atoms with Crippen molar-refractivity contribution >= 4 is 44.3 Å². The number of carbonyl (C=O) groups excluding carboxylic acids is 1. The summed E-state index contributed by atoms with van der Waals surface area (Å²) in [5.41, 5.74) is 2.69. The number of fused-ring (bicyclic) bond motifs is 1. The maximum Gasteiger partial charge on any atom is 0.262 e. The molecule has 1 aromatic heterocycles. The molecule has 0 radical (unpaired) electrons. The van der Waals surface area contributed by atoms with E-state index in [0.29, 0.717) is 46.1 Å². The molecule has 12 heteroatoms. The minimum Gasteiger partial charge on any atom is -0.493 e. The maximum absolute atomic E-state index is 13.8. The predicted octanol–water partition coefficient (Wildman–Crippen LogP) is 4.12. The Hall–Kier alpha value is -3.87. The second-order valence-corrected chi connectivity index (χ2v) is 12.1. The van der Waals surface area contributed by atoms with E-state index in [2.05, 4.69) is 5.32 Å². The Kier molecular flexibility index (Phi) is 9.36. The molecule has 0 saturated heterocycles. The molecular formula is C29H32N4O6S2. The second kappa shape index (κ2) is 12.8. The number of nitrogens with zero attached hydrogens (tertiary/aromatic N) is 2. The molecule has 0 bridgehead atoms. The number of benzene rings is 3. The molecule has 3 aromatic carbocycles. The normalized spacial score (nSPS) is 12.2. The molecule has 1 unspecified atom stereocenters. The largest absolute Gasteiger partial charge is 0.493 e. The molecule has 3 N–H and O–H groups in total. The molecule has 41 heavy (non-hydrogen) atoms. The van der Waals surface area contributed by atoms with Crippen molar-refractivity contribution in [2.45, 2.75) is 48.5 Å². The van der Waals surface area contributed by atoms with Gasteiger partial charge in [0.25, 0.3) is 5.56 Å². The first-order chi connectivity index (χ1) is 19.5. The fourth-order valence-electron chi connectivity index (χ4n) is 4.21. The Bertz CT molecular complexity index is 1720. The van der Waals surface area contributed by atoms with Crippen LogP contribution in [-0.2, 0) is 27.8 Å². The lowest BCUT2D eigenvalue weighted by Crippen LogP contribution is -2.28. The number of methoxy groups -OCH3 is 2. The molecule has 4 rings (SSSR count). The molecule has 0 aliphatic carbocycles. The monoisotopic (exact) mass is 596 g/mol. The number of ether oxygens (including phenoxy) is 2. The van der Waals surface area contributed by atoms with Crippen molar-refractivity contribution in [3.63, 3.8) is 0 Å². The van der Waals surface area contributed by atoms with Gasteiger partial charge in [-0.15, -0.1) is 0 Å². The third-order valence-corrected chi connectivity index (χ3v) is 8.81. The van der Waals surface area contributed by atoms with Crippen LogP contribution in [0.15, 0.2) is 75.5 Å². The van der Waals surface area contributed by atoms with E-state index in [0.717, 1.165) is 11.1 Å². The van der Waals surface area contributed by atoms with Gasteiger partial charge in [0.15, 0.2) is 16.7 Å². The number of rotatable bonds is 11. The number of primary sulfonamides is 1. The van der Waals surface area contributed by atoms with Gasteiger partial charge in [-0.05, 0) is 55.7 Å². The van der Waals surface area contributed by atoms with E-state index in [4.69, 9.17) is 19.6 Å². The van der Waals surface area contributed by atoms with Gasteiger partial charge in [0.05, 0.1) is 35.3 Å². The summed E-state index contributed by atoms with van der Waals surface area (Å²) >= 11 is 1.21. The maximum atomic E-state index is 13.8. The molecule has 216 valence electrons. The average molecular weight is 597 g/mol. The molecule has 0 aliphatic heterocycles. The van der Waals surface area contributed by atoms with Gasteiger partial charge >= 0.3 is 0 Å². The van der Waals surface area contributed by atoms with Gasteiger partial charge in [-0.1, -0.05) is 48.5 Å². The van der Waals surface area contributed by atoms with Crippen molar-refractivity contribution in [2.24, 2.45) is 5.14 Å². The molecule has 1 amide bonds. The van der Waals surface area contributed by atoms with Crippen molar-refractivity contribution in [1.82, 2.24) is 9.55 Å². The lowest BCUT2D eigenvalue weighted by Gasteiger charge is -2.19. The van der Waals surface area contributed by atoms with Gasteiger partial charge in [0, 0.05) is 18.3 Å². The van der Waals surface area contributed by atoms with Crippen LogP contribution in [0.4, 0.5) is 5.69 Å². The number of nitrogens with one attached hydrogen (secondary N) is 1. The van der Waals surface area contributed by atoms with Gasteiger partial charge in [0.1, 0.15) is 0 Å². The SMILES string of the molecule is CCC(Sc1nc2cc(OC)c(OC)cc2c(=O)n1CCc1ccc(S(N)(=O)=O)cc1)C(=O)Nc1ccc(C)cc1. The summed E-state index contributed by atoms with van der Waals surface area (Å²) in [7, 11) is -0.821. The van der Waals surface area contributed by atoms with E-state index < -0.39 is 15.3 Å². The Morgan fingerprint density at radius 2 is 1.68 bits per heavy atom. The first-order valence-corrected chi connectivity index (χ1v) is 15.3. The van der Waals surface area contributed by atoms with Crippen LogP contribution in [-0.4, -0.2) is 43.3 Å². The lowest BCUT2D eigenvalue weighted by atomic mass is 10.1. The fraction of sp³-hybridized carbons (Fsp3) is 0.276. The van der Waals surface area contributed by atoms with E-state index >= 15 is 0 Å². The van der Waals surface area contributed by atoms with Gasteiger partial charge < -0.3 is 14.8 Å². The first kappa shape index (κ1) is 30.1. The number of carbonyl (C=O) groups is 1. The van der Waals surface area contributed by atoms with E-state index in [1.54, 1.807) is 24.3 Å². The highest BCUT2D eigenvalue weighted by molar-refractivity contribution is 8.00. The van der Waals surface area contributed by atoms with Gasteiger partial charge in [0.2, 0.25) is 15.9 Å². The van der Waals surface area contributed by atoms with Crippen LogP contribution in [0, 0.1) is 6.92 Å². The molecule has 0 spiro atoms. The van der Waals surface area contributed by atoms with E-state index in [-0.39, 0.29) is 22.9 Å². The molecule has 4 aromatic rings. The number of sulfonamides is 1. The number of aromatic nitrogens is 2. The summed E-state index contributed by atoms with van der Waals surface area (Å²) in [6.07, 6.45) is 0.905. The topological polar surface area (TPSA) is 143 Å². The Morgan fingerprint density at radius 1 is 1.05 bits per heavy atom. The second-order valence-electron chi connectivity index (χ2n) is 9.38. The van der Waals surface area contributed by atoms with Gasteiger partial charge in [-0.2, -0.15) is 0 Å². The van der Waals surface area contributed by atoms with Crippen molar-refractivity contribution in [3.05, 3.63) is 82.1 Å². The zero-order valence-electron chi connectivity index (χ0n) is 23.2. The zero-order chi connectivity index (χ0) is 29.7. The van der Waals surface area contributed by atoms with Crippen LogP contribution in [0.1, 0.15) is 24.5 Å². The van der Waals surface area contributed by atoms with Crippen molar-refractivity contribution < 1.29 is 22.7 Å². The predicted molar refractivity (Wildman–Crippen MR) is 160 cm³/mol. The van der Waals surface area contributed by atoms with Crippen molar-refractivity contribution in [1.29, 1.82) is 0 Å². The van der Waals surface area contributed by atoms with Crippen LogP contribution < -0.4 is 25.5 Å². The van der Waals surface area contributed by atoms with Crippen molar-refractivity contribution in [2.75, 3.05) is 19.5 Å². The Morgan fingerprint density at radius 3 is 2.27 bits per heavy atom. The van der Waals surface area contributed by atoms with Crippen molar-refractivity contribution in [3.8, 4) is 11.5 Å². The molecule has 0 fully saturated rings. The summed E-state index contributed by atoms with van der Waals surface area (Å²) in [6.45, 7) is 4.11. The highest BCUT2D eigenvalue weighted by Gasteiger charge is 2.23. The number of aryl methyl sites for hydroxylation is 2. The zero-order valence-corrected chi connectivity index (χ0v) is 24.8. The van der Waals surface area contributed by atoms with Crippen LogP contribution in [0.2, 0.25) is 0 Å². The molecule has 10 nitrogen and oxygen atoms in total. The Labute approximate surface area is 242 Å². The number of nitrogens with two attached hydrogens (primary N) is 1. The minimum absolute atomic E-state index is 0.00783. The van der Waals surface area contributed by atoms with Crippen LogP contribution >= 0.6 is 11.8 Å². The number of thioether (sulfide) groups is 1. The third kappa shape index (κ3) is 7.07. The van der Waals surface area contributed by atoms with E-state index in [1.165, 1.54) is 42.7 Å². The smallest absolute Gasteiger partial charge is 0.262 e. The first-order valence-electron chi connectivity index (χ1n) is 12.9. The van der Waals surface area contributed by atoms with Crippen LogP contribution in [0.3, 0.4) is 0 Å². The number of hydrogen-bond acceptors (Lipinski definition) is 8. The molecule has 1 heterocycles. The number of hydrogen-bond donors (Lipinski definition) is 2. The van der Waals surface area contributed by atoms with Gasteiger partial charge in [-0.3, -0.25) is 14.2 Å². The van der Waals surface area contributed by atoms with E-state index in [9.17, 15) is 18.0 Å². The van der Waals surface area contributed by atoms with E-state index in [1.807, 2.05) is 38.1 Å². The third-order valence-electron chi connectivity index (χ3n) is 6.53. The highest BCUT2D eigenvalue weighted by Crippen LogP contribution is 2.32.